The van der Waals surface area contributed by atoms with E-state index in [2.05, 4.69) is 36.4 Å². The Kier molecular flexibility index (Phi) is 9.59. The van der Waals surface area contributed by atoms with Gasteiger partial charge in [-0.25, -0.2) is 9.48 Å². The van der Waals surface area contributed by atoms with E-state index in [0.29, 0.717) is 16.8 Å². The monoisotopic (exact) mass is 538 g/mol. The van der Waals surface area contributed by atoms with Gasteiger partial charge in [-0.3, -0.25) is 9.59 Å². The van der Waals surface area contributed by atoms with E-state index in [1.807, 2.05) is 20.8 Å². The number of aromatic nitrogens is 3. The molecule has 0 unspecified atom stereocenters. The van der Waals surface area contributed by atoms with E-state index in [1.165, 1.54) is 18.0 Å². The largest absolute Gasteiger partial charge is 0.494 e. The molecule has 3 rings (SSSR count). The van der Waals surface area contributed by atoms with E-state index in [-0.39, 0.29) is 28.0 Å². The Balaban J connectivity index is 0.000000798. The maximum absolute atomic E-state index is 13.1. The number of carbonyl (C=O) groups is 3. The Morgan fingerprint density at radius 2 is 1.69 bits per heavy atom. The van der Waals surface area contributed by atoms with Crippen molar-refractivity contribution in [3.63, 3.8) is 0 Å². The molecular weight excluding hydrogens is 500 g/mol. The van der Waals surface area contributed by atoms with Crippen molar-refractivity contribution in [1.82, 2.24) is 15.0 Å². The van der Waals surface area contributed by atoms with Crippen LogP contribution in [0.3, 0.4) is 0 Å². The van der Waals surface area contributed by atoms with Crippen molar-refractivity contribution in [2.75, 3.05) is 19.0 Å². The third kappa shape index (κ3) is 8.11. The van der Waals surface area contributed by atoms with Crippen LogP contribution in [0.2, 0.25) is 0 Å². The van der Waals surface area contributed by atoms with Crippen molar-refractivity contribution in [3.8, 4) is 11.4 Å². The molecule has 2 aromatic carbocycles. The zero-order valence-electron chi connectivity index (χ0n) is 23.7. The Morgan fingerprint density at radius 1 is 1.08 bits per heavy atom. The molecule has 6 N–H and O–H groups in total. The molecule has 11 nitrogen and oxygen atoms in total. The van der Waals surface area contributed by atoms with Crippen molar-refractivity contribution in [2.24, 2.45) is 16.9 Å². The first kappa shape index (κ1) is 31.0. The number of primary amides is 1. The van der Waals surface area contributed by atoms with Crippen LogP contribution in [-0.4, -0.2) is 51.5 Å². The molecule has 1 heterocycles. The van der Waals surface area contributed by atoms with Crippen LogP contribution in [-0.2, 0) is 5.41 Å². The maximum Gasteiger partial charge on any atom is 0.358 e. The molecule has 3 aromatic rings. The lowest BCUT2D eigenvalue weighted by Gasteiger charge is -2.23. The zero-order chi connectivity index (χ0) is 29.7. The highest BCUT2D eigenvalue weighted by Crippen LogP contribution is 2.35. The second-order valence-corrected chi connectivity index (χ2v) is 11.3. The molecule has 0 saturated carbocycles. The van der Waals surface area contributed by atoms with Gasteiger partial charge in [0.25, 0.3) is 11.8 Å². The number of methoxy groups -OCH3 is 1. The summed E-state index contributed by atoms with van der Waals surface area (Å²) in [4.78, 5) is 36.3. The van der Waals surface area contributed by atoms with Crippen LogP contribution < -0.4 is 21.5 Å². The number of carboxylic acids is 1. The van der Waals surface area contributed by atoms with Crippen LogP contribution in [0, 0.1) is 12.3 Å². The third-order valence-corrected chi connectivity index (χ3v) is 5.72. The van der Waals surface area contributed by atoms with Crippen LogP contribution in [0.15, 0.2) is 36.5 Å². The number of carboxylic acid groups (broad SMARTS) is 1. The van der Waals surface area contributed by atoms with Crippen LogP contribution in [0.4, 0.5) is 5.69 Å². The second kappa shape index (κ2) is 12.1. The normalized spacial score (nSPS) is 11.3. The molecule has 0 aliphatic heterocycles. The van der Waals surface area contributed by atoms with Gasteiger partial charge in [0.15, 0.2) is 11.4 Å². The van der Waals surface area contributed by atoms with Crippen molar-refractivity contribution < 1.29 is 24.2 Å². The quantitative estimate of drug-likeness (QED) is 0.365. The number of nitrogens with two attached hydrogens (primary N) is 2. The molecule has 0 spiro atoms. The van der Waals surface area contributed by atoms with Crippen LogP contribution >= 0.6 is 0 Å². The molecule has 11 heteroatoms. The summed E-state index contributed by atoms with van der Waals surface area (Å²) in [7, 11) is 1.39. The van der Waals surface area contributed by atoms with Gasteiger partial charge in [0.05, 0.1) is 30.2 Å². The summed E-state index contributed by atoms with van der Waals surface area (Å²) in [5.74, 6) is -2.18. The molecule has 0 fully saturated rings. The van der Waals surface area contributed by atoms with Crippen LogP contribution in [0.25, 0.3) is 5.69 Å². The molecule has 1 aromatic heterocycles. The fourth-order valence-electron chi connectivity index (χ4n) is 3.23. The summed E-state index contributed by atoms with van der Waals surface area (Å²) >= 11 is 0. The van der Waals surface area contributed by atoms with Gasteiger partial charge in [-0.2, -0.15) is 0 Å². The van der Waals surface area contributed by atoms with Gasteiger partial charge in [-0.1, -0.05) is 52.8 Å². The molecule has 210 valence electrons. The number of nitrogens with zero attached hydrogens (tertiary/aromatic N) is 3. The van der Waals surface area contributed by atoms with E-state index in [1.54, 1.807) is 37.3 Å². The number of amides is 2. The summed E-state index contributed by atoms with van der Waals surface area (Å²) in [5.41, 5.74) is 13.4. The first-order valence-electron chi connectivity index (χ1n) is 12.3. The molecule has 0 aliphatic rings. The number of benzene rings is 2. The molecule has 0 radical (unpaired) electrons. The lowest BCUT2D eigenvalue weighted by atomic mass is 9.85. The Hall–Kier alpha value is -4.25. The summed E-state index contributed by atoms with van der Waals surface area (Å²) in [5, 5.41) is 19.3. The molecule has 39 heavy (non-hydrogen) atoms. The van der Waals surface area contributed by atoms with Crippen molar-refractivity contribution in [3.05, 3.63) is 64.5 Å². The number of hydrogen-bond donors (Lipinski definition) is 4. The van der Waals surface area contributed by atoms with Gasteiger partial charge in [0, 0.05) is 5.56 Å². The average Bonchev–Trinajstić information content (AvgIpc) is 3.33. The van der Waals surface area contributed by atoms with Gasteiger partial charge in [0.2, 0.25) is 0 Å². The Labute approximate surface area is 228 Å². The number of carbonyl (C=O) groups excluding carboxylic acids is 2. The fourth-order valence-corrected chi connectivity index (χ4v) is 3.23. The minimum atomic E-state index is -1.20. The SMILES string of the molecule is CC(C)(C)CN.COc1c(NC(=O)c2ccc(C)c(-n3cc(C(=O)O)nn3)c2)cc(C(C)(C)C)cc1C(N)=O. The summed E-state index contributed by atoms with van der Waals surface area (Å²) in [6.45, 7) is 14.8. The molecule has 0 bridgehead atoms. The fraction of sp³-hybridized carbons (Fsp3) is 0.393. The van der Waals surface area contributed by atoms with Gasteiger partial charge in [0.1, 0.15) is 0 Å². The third-order valence-electron chi connectivity index (χ3n) is 5.72. The summed E-state index contributed by atoms with van der Waals surface area (Å²) in [6.07, 6.45) is 1.27. The number of anilines is 1. The summed E-state index contributed by atoms with van der Waals surface area (Å²) in [6, 6.07) is 8.31. The lowest BCUT2D eigenvalue weighted by Crippen LogP contribution is -2.20. The second-order valence-electron chi connectivity index (χ2n) is 11.3. The maximum atomic E-state index is 13.1. The smallest absolute Gasteiger partial charge is 0.358 e. The number of hydrogen-bond acceptors (Lipinski definition) is 7. The highest BCUT2D eigenvalue weighted by molar-refractivity contribution is 6.07. The lowest BCUT2D eigenvalue weighted by molar-refractivity contribution is 0.0690. The zero-order valence-corrected chi connectivity index (χ0v) is 23.7. The number of aromatic carboxylic acids is 1. The van der Waals surface area contributed by atoms with Crippen molar-refractivity contribution in [1.29, 1.82) is 0 Å². The minimum absolute atomic E-state index is 0.161. The van der Waals surface area contributed by atoms with E-state index in [9.17, 15) is 14.4 Å². The highest BCUT2D eigenvalue weighted by Gasteiger charge is 2.23. The highest BCUT2D eigenvalue weighted by atomic mass is 16.5. The number of ether oxygens (including phenoxy) is 1. The average molecular weight is 539 g/mol. The minimum Gasteiger partial charge on any atom is -0.494 e. The van der Waals surface area contributed by atoms with Crippen LogP contribution in [0.1, 0.15) is 83.9 Å². The van der Waals surface area contributed by atoms with Gasteiger partial charge in [-0.05, 0) is 59.7 Å². The molecule has 0 atom stereocenters. The Bertz CT molecular complexity index is 1370. The van der Waals surface area contributed by atoms with Crippen molar-refractivity contribution >= 4 is 23.5 Å². The topological polar surface area (TPSA) is 175 Å². The van der Waals surface area contributed by atoms with E-state index < -0.39 is 17.8 Å². The van der Waals surface area contributed by atoms with E-state index >= 15 is 0 Å². The molecular formula is C28H38N6O5. The first-order chi connectivity index (χ1) is 18.0. The molecule has 2 amide bonds. The predicted octanol–water partition coefficient (Wildman–Crippen LogP) is 3.92. The summed E-state index contributed by atoms with van der Waals surface area (Å²) < 4.78 is 6.68. The predicted molar refractivity (Wildman–Crippen MR) is 150 cm³/mol. The first-order valence-corrected chi connectivity index (χ1v) is 12.3. The van der Waals surface area contributed by atoms with E-state index in [4.69, 9.17) is 21.3 Å². The van der Waals surface area contributed by atoms with Gasteiger partial charge < -0.3 is 26.6 Å². The van der Waals surface area contributed by atoms with Crippen LogP contribution in [0.5, 0.6) is 5.75 Å². The number of nitrogens with one attached hydrogen (secondary N) is 1. The Morgan fingerprint density at radius 3 is 2.15 bits per heavy atom. The number of aryl methyl sites for hydroxylation is 1. The number of rotatable bonds is 6. The van der Waals surface area contributed by atoms with Gasteiger partial charge >= 0.3 is 5.97 Å². The van der Waals surface area contributed by atoms with Gasteiger partial charge in [-0.15, -0.1) is 5.10 Å². The van der Waals surface area contributed by atoms with Crippen molar-refractivity contribution in [2.45, 2.75) is 53.9 Å². The standard InChI is InChI=1S/C23H25N5O5.C5H13N/c1-12-6-7-13(8-18(12)28-11-17(22(31)32)26-27-28)21(30)25-16-10-14(23(2,3)4)9-15(20(24)29)19(16)33-5;1-5(2,3)4-6/h6-11H,1-5H3,(H2,24,29)(H,25,30)(H,31,32);4,6H2,1-3H3. The van der Waals surface area contributed by atoms with E-state index in [0.717, 1.165) is 17.7 Å². The molecule has 0 saturated heterocycles. The molecule has 0 aliphatic carbocycles.